The molecule has 0 saturated heterocycles. The van der Waals surface area contributed by atoms with Crippen molar-refractivity contribution < 1.29 is 0 Å². The molecule has 0 aliphatic heterocycles. The number of nitrogens with zero attached hydrogens (tertiary/aromatic N) is 2. The molecule has 0 fully saturated rings. The molecule has 3 heteroatoms. The molecule has 106 valence electrons. The molecular formula is C18H19N3. The Morgan fingerprint density at radius 3 is 2.24 bits per heavy atom. The van der Waals surface area contributed by atoms with Gasteiger partial charge in [0.1, 0.15) is 0 Å². The predicted molar refractivity (Wildman–Crippen MR) is 85.9 cm³/mol. The molecule has 0 aliphatic rings. The topological polar surface area (TPSA) is 43.8 Å². The molecule has 0 saturated carbocycles. The first-order chi connectivity index (χ1) is 10.4. The van der Waals surface area contributed by atoms with E-state index < -0.39 is 0 Å². The first kappa shape index (κ1) is 13.6. The van der Waals surface area contributed by atoms with Crippen molar-refractivity contribution in [2.45, 2.75) is 12.5 Å². The number of aromatic nitrogens is 2. The van der Waals surface area contributed by atoms with Crippen LogP contribution >= 0.6 is 0 Å². The van der Waals surface area contributed by atoms with Gasteiger partial charge in [0.15, 0.2) is 0 Å². The van der Waals surface area contributed by atoms with Gasteiger partial charge in [0.25, 0.3) is 0 Å². The van der Waals surface area contributed by atoms with Gasteiger partial charge in [0.05, 0.1) is 12.2 Å². The molecule has 0 spiro atoms. The van der Waals surface area contributed by atoms with Crippen LogP contribution in [0.4, 0.5) is 0 Å². The fraction of sp³-hybridized carbons (Fsp3) is 0.167. The average Bonchev–Trinajstić information content (AvgIpc) is 3.04. The SMILES string of the molecule is NCCC(c1ccccc1)n1cc(-c2ccccc2)cn1. The van der Waals surface area contributed by atoms with Gasteiger partial charge < -0.3 is 5.73 Å². The van der Waals surface area contributed by atoms with Gasteiger partial charge in [-0.25, -0.2) is 0 Å². The fourth-order valence-electron chi connectivity index (χ4n) is 2.57. The molecule has 0 bridgehead atoms. The van der Waals surface area contributed by atoms with Crippen LogP contribution in [0.3, 0.4) is 0 Å². The third-order valence-electron chi connectivity index (χ3n) is 3.65. The second-order valence-electron chi connectivity index (χ2n) is 5.08. The van der Waals surface area contributed by atoms with E-state index >= 15 is 0 Å². The van der Waals surface area contributed by atoms with Crippen molar-refractivity contribution >= 4 is 0 Å². The Bertz CT molecular complexity index is 674. The molecule has 3 nitrogen and oxygen atoms in total. The third-order valence-corrected chi connectivity index (χ3v) is 3.65. The Labute approximate surface area is 125 Å². The van der Waals surface area contributed by atoms with Gasteiger partial charge in [0.2, 0.25) is 0 Å². The summed E-state index contributed by atoms with van der Waals surface area (Å²) in [7, 11) is 0. The zero-order valence-corrected chi connectivity index (χ0v) is 11.9. The lowest BCUT2D eigenvalue weighted by Gasteiger charge is -2.17. The number of rotatable bonds is 5. The van der Waals surface area contributed by atoms with Crippen LogP contribution in [0.25, 0.3) is 11.1 Å². The molecule has 1 unspecified atom stereocenters. The smallest absolute Gasteiger partial charge is 0.0780 e. The van der Waals surface area contributed by atoms with Crippen LogP contribution < -0.4 is 5.73 Å². The number of hydrogen-bond donors (Lipinski definition) is 1. The van der Waals surface area contributed by atoms with Crippen LogP contribution in [0, 0.1) is 0 Å². The van der Waals surface area contributed by atoms with Crippen LogP contribution in [-0.2, 0) is 0 Å². The fourth-order valence-corrected chi connectivity index (χ4v) is 2.57. The highest BCUT2D eigenvalue weighted by Crippen LogP contribution is 2.24. The zero-order chi connectivity index (χ0) is 14.5. The molecule has 0 amide bonds. The highest BCUT2D eigenvalue weighted by molar-refractivity contribution is 5.61. The van der Waals surface area contributed by atoms with E-state index in [4.69, 9.17) is 5.73 Å². The van der Waals surface area contributed by atoms with Crippen molar-refractivity contribution in [2.24, 2.45) is 5.73 Å². The molecule has 3 rings (SSSR count). The van der Waals surface area contributed by atoms with Crippen LogP contribution in [0.15, 0.2) is 73.1 Å². The monoisotopic (exact) mass is 277 g/mol. The number of hydrogen-bond acceptors (Lipinski definition) is 2. The number of nitrogens with two attached hydrogens (primary N) is 1. The highest BCUT2D eigenvalue weighted by atomic mass is 15.3. The Morgan fingerprint density at radius 2 is 1.57 bits per heavy atom. The Balaban J connectivity index is 1.93. The first-order valence-electron chi connectivity index (χ1n) is 7.23. The summed E-state index contributed by atoms with van der Waals surface area (Å²) in [6, 6.07) is 20.9. The highest BCUT2D eigenvalue weighted by Gasteiger charge is 2.14. The summed E-state index contributed by atoms with van der Waals surface area (Å²) >= 11 is 0. The average molecular weight is 277 g/mol. The summed E-state index contributed by atoms with van der Waals surface area (Å²) in [6.07, 6.45) is 4.89. The molecule has 2 aromatic carbocycles. The largest absolute Gasteiger partial charge is 0.330 e. The van der Waals surface area contributed by atoms with Crippen molar-refractivity contribution in [3.05, 3.63) is 78.6 Å². The summed E-state index contributed by atoms with van der Waals surface area (Å²) < 4.78 is 2.02. The van der Waals surface area contributed by atoms with E-state index in [1.165, 1.54) is 11.1 Å². The minimum absolute atomic E-state index is 0.189. The first-order valence-corrected chi connectivity index (χ1v) is 7.23. The second kappa shape index (κ2) is 6.37. The van der Waals surface area contributed by atoms with E-state index in [2.05, 4.69) is 47.7 Å². The van der Waals surface area contributed by atoms with Crippen molar-refractivity contribution in [1.82, 2.24) is 9.78 Å². The van der Waals surface area contributed by atoms with Crippen molar-refractivity contribution in [2.75, 3.05) is 6.54 Å². The maximum Gasteiger partial charge on any atom is 0.0780 e. The van der Waals surface area contributed by atoms with Crippen molar-refractivity contribution in [3.63, 3.8) is 0 Å². The molecule has 0 aliphatic carbocycles. The molecule has 2 N–H and O–H groups in total. The van der Waals surface area contributed by atoms with Crippen molar-refractivity contribution in [1.29, 1.82) is 0 Å². The van der Waals surface area contributed by atoms with E-state index in [1.54, 1.807) is 0 Å². The minimum Gasteiger partial charge on any atom is -0.330 e. The van der Waals surface area contributed by atoms with E-state index in [9.17, 15) is 0 Å². The molecule has 0 radical (unpaired) electrons. The Morgan fingerprint density at radius 1 is 0.905 bits per heavy atom. The summed E-state index contributed by atoms with van der Waals surface area (Å²) in [5.41, 5.74) is 9.34. The van der Waals surface area contributed by atoms with Gasteiger partial charge in [-0.2, -0.15) is 5.10 Å². The van der Waals surface area contributed by atoms with Gasteiger partial charge in [-0.15, -0.1) is 0 Å². The molecule has 1 heterocycles. The summed E-state index contributed by atoms with van der Waals surface area (Å²) in [5, 5.41) is 4.55. The van der Waals surface area contributed by atoms with Crippen LogP contribution in [0.1, 0.15) is 18.0 Å². The van der Waals surface area contributed by atoms with Crippen LogP contribution in [0.5, 0.6) is 0 Å². The van der Waals surface area contributed by atoms with Gasteiger partial charge in [-0.05, 0) is 24.1 Å². The van der Waals surface area contributed by atoms with Crippen molar-refractivity contribution in [3.8, 4) is 11.1 Å². The Hall–Kier alpha value is -2.39. The summed E-state index contributed by atoms with van der Waals surface area (Å²) in [4.78, 5) is 0. The molecule has 1 aromatic heterocycles. The molecular weight excluding hydrogens is 258 g/mol. The summed E-state index contributed by atoms with van der Waals surface area (Å²) in [6.45, 7) is 0.639. The van der Waals surface area contributed by atoms with E-state index in [1.807, 2.05) is 35.1 Å². The van der Waals surface area contributed by atoms with E-state index in [0.717, 1.165) is 12.0 Å². The third kappa shape index (κ3) is 3.03. The number of benzene rings is 2. The van der Waals surface area contributed by atoms with Gasteiger partial charge >= 0.3 is 0 Å². The minimum atomic E-state index is 0.189. The zero-order valence-electron chi connectivity index (χ0n) is 11.9. The second-order valence-corrected chi connectivity index (χ2v) is 5.08. The van der Waals surface area contributed by atoms with Gasteiger partial charge in [-0.3, -0.25) is 4.68 Å². The molecule has 21 heavy (non-hydrogen) atoms. The normalized spacial score (nSPS) is 12.2. The quantitative estimate of drug-likeness (QED) is 0.776. The van der Waals surface area contributed by atoms with Gasteiger partial charge in [0, 0.05) is 11.8 Å². The Kier molecular flexibility index (Phi) is 4.12. The molecule has 1 atom stereocenters. The lowest BCUT2D eigenvalue weighted by molar-refractivity contribution is 0.495. The predicted octanol–water partition coefficient (Wildman–Crippen LogP) is 3.49. The van der Waals surface area contributed by atoms with E-state index in [0.29, 0.717) is 6.54 Å². The van der Waals surface area contributed by atoms with Crippen LogP contribution in [-0.4, -0.2) is 16.3 Å². The van der Waals surface area contributed by atoms with E-state index in [-0.39, 0.29) is 6.04 Å². The van der Waals surface area contributed by atoms with Crippen LogP contribution in [0.2, 0.25) is 0 Å². The lowest BCUT2D eigenvalue weighted by atomic mass is 10.0. The maximum absolute atomic E-state index is 5.78. The maximum atomic E-state index is 5.78. The lowest BCUT2D eigenvalue weighted by Crippen LogP contribution is -2.15. The standard InChI is InChI=1S/C18H19N3/c19-12-11-18(16-9-5-2-6-10-16)21-14-17(13-20-21)15-7-3-1-4-8-15/h1-10,13-14,18H,11-12,19H2. The molecule has 3 aromatic rings. The summed E-state index contributed by atoms with van der Waals surface area (Å²) in [5.74, 6) is 0. The van der Waals surface area contributed by atoms with Gasteiger partial charge in [-0.1, -0.05) is 60.7 Å².